The zero-order valence-electron chi connectivity index (χ0n) is 10.3. The number of pyridine rings is 1. The predicted octanol–water partition coefficient (Wildman–Crippen LogP) is 2.61. The highest BCUT2D eigenvalue weighted by Crippen LogP contribution is 2.24. The number of hydrogen-bond donors (Lipinski definition) is 1. The summed E-state index contributed by atoms with van der Waals surface area (Å²) in [5.41, 5.74) is 2.11. The Morgan fingerprint density at radius 1 is 1.45 bits per heavy atom. The van der Waals surface area contributed by atoms with E-state index in [2.05, 4.69) is 9.97 Å². The van der Waals surface area contributed by atoms with Crippen LogP contribution in [0.25, 0.3) is 16.2 Å². The fourth-order valence-electron chi connectivity index (χ4n) is 1.94. The van der Waals surface area contributed by atoms with Gasteiger partial charge in [-0.3, -0.25) is 14.2 Å². The molecule has 3 aromatic rings. The molecule has 5 nitrogen and oxygen atoms in total. The van der Waals surface area contributed by atoms with Crippen molar-refractivity contribution in [1.29, 1.82) is 0 Å². The number of halogens is 1. The minimum atomic E-state index is -0.834. The second-order valence-electron chi connectivity index (χ2n) is 4.29. The van der Waals surface area contributed by atoms with Crippen molar-refractivity contribution in [1.82, 2.24) is 14.4 Å². The fraction of sp³-hybridized carbons (Fsp3) is 0.154. The zero-order valence-corrected chi connectivity index (χ0v) is 11.1. The summed E-state index contributed by atoms with van der Waals surface area (Å²) in [6.07, 6.45) is 4.97. The Morgan fingerprint density at radius 3 is 3.05 bits per heavy atom. The van der Waals surface area contributed by atoms with E-state index in [1.165, 1.54) is 17.4 Å². The van der Waals surface area contributed by atoms with E-state index >= 15 is 0 Å². The van der Waals surface area contributed by atoms with Gasteiger partial charge in [-0.15, -0.1) is 11.3 Å². The highest BCUT2D eigenvalue weighted by Gasteiger charge is 2.11. The van der Waals surface area contributed by atoms with Crippen molar-refractivity contribution in [3.05, 3.63) is 41.5 Å². The van der Waals surface area contributed by atoms with Gasteiger partial charge < -0.3 is 5.11 Å². The average Bonchev–Trinajstić information content (AvgIpc) is 2.96. The Balaban J connectivity index is 1.97. The Morgan fingerprint density at radius 2 is 2.30 bits per heavy atom. The van der Waals surface area contributed by atoms with E-state index < -0.39 is 11.8 Å². The molecule has 0 bridgehead atoms. The lowest BCUT2D eigenvalue weighted by atomic mass is 10.2. The van der Waals surface area contributed by atoms with Gasteiger partial charge in [0, 0.05) is 29.0 Å². The number of carboxylic acids is 1. The van der Waals surface area contributed by atoms with Crippen molar-refractivity contribution >= 4 is 22.3 Å². The van der Waals surface area contributed by atoms with Gasteiger partial charge in [-0.25, -0.2) is 9.37 Å². The van der Waals surface area contributed by atoms with Crippen LogP contribution in [0.3, 0.4) is 0 Å². The first kappa shape index (κ1) is 12.7. The first-order valence-corrected chi connectivity index (χ1v) is 6.79. The van der Waals surface area contributed by atoms with E-state index in [-0.39, 0.29) is 6.42 Å². The highest BCUT2D eigenvalue weighted by molar-refractivity contribution is 7.15. The number of rotatable bonds is 4. The van der Waals surface area contributed by atoms with Gasteiger partial charge in [0.05, 0.1) is 18.3 Å². The zero-order chi connectivity index (χ0) is 14.1. The van der Waals surface area contributed by atoms with Crippen LogP contribution < -0.4 is 0 Å². The quantitative estimate of drug-likeness (QED) is 0.802. The standard InChI is InChI=1S/C13H10FN3O2S/c14-9-3-8(4-15-5-9)11-6-17-10(1-2-12(18)19)7-20-13(17)16-11/h3-7H,1-2H2,(H,18,19). The van der Waals surface area contributed by atoms with Gasteiger partial charge in [0.1, 0.15) is 5.82 Å². The average molecular weight is 291 g/mol. The van der Waals surface area contributed by atoms with Gasteiger partial charge in [-0.2, -0.15) is 0 Å². The van der Waals surface area contributed by atoms with Crippen LogP contribution >= 0.6 is 11.3 Å². The molecule has 0 saturated heterocycles. The molecule has 3 aromatic heterocycles. The maximum atomic E-state index is 13.2. The number of carboxylic acid groups (broad SMARTS) is 1. The molecule has 0 aliphatic heterocycles. The first-order chi connectivity index (χ1) is 9.63. The lowest BCUT2D eigenvalue weighted by Crippen LogP contribution is -1.99. The van der Waals surface area contributed by atoms with Crippen LogP contribution in [0.5, 0.6) is 0 Å². The molecule has 20 heavy (non-hydrogen) atoms. The number of thiazole rings is 1. The molecule has 0 unspecified atom stereocenters. The smallest absolute Gasteiger partial charge is 0.303 e. The lowest BCUT2D eigenvalue weighted by Gasteiger charge is -1.96. The van der Waals surface area contributed by atoms with Gasteiger partial charge in [0.15, 0.2) is 4.96 Å². The number of imidazole rings is 1. The molecule has 0 atom stereocenters. The molecule has 3 heterocycles. The van der Waals surface area contributed by atoms with Crippen LogP contribution in [0.15, 0.2) is 30.0 Å². The molecule has 0 aromatic carbocycles. The minimum Gasteiger partial charge on any atom is -0.481 e. The number of carbonyl (C=O) groups is 1. The second-order valence-corrected chi connectivity index (χ2v) is 5.13. The van der Waals surface area contributed by atoms with E-state index in [0.717, 1.165) is 16.9 Å². The van der Waals surface area contributed by atoms with E-state index in [0.29, 0.717) is 17.7 Å². The summed E-state index contributed by atoms with van der Waals surface area (Å²) in [7, 11) is 0. The third-order valence-corrected chi connectivity index (χ3v) is 3.77. The number of fused-ring (bicyclic) bond motifs is 1. The molecule has 0 saturated carbocycles. The number of aromatic nitrogens is 3. The predicted molar refractivity (Wildman–Crippen MR) is 72.2 cm³/mol. The summed E-state index contributed by atoms with van der Waals surface area (Å²) in [4.78, 5) is 19.6. The summed E-state index contributed by atoms with van der Waals surface area (Å²) >= 11 is 1.43. The summed E-state index contributed by atoms with van der Waals surface area (Å²) < 4.78 is 15.0. The molecule has 7 heteroatoms. The van der Waals surface area contributed by atoms with Gasteiger partial charge >= 0.3 is 5.97 Å². The third-order valence-electron chi connectivity index (χ3n) is 2.88. The number of nitrogens with zero attached hydrogens (tertiary/aromatic N) is 3. The lowest BCUT2D eigenvalue weighted by molar-refractivity contribution is -0.136. The Kier molecular flexibility index (Phi) is 3.19. The van der Waals surface area contributed by atoms with Crippen molar-refractivity contribution in [2.24, 2.45) is 0 Å². The van der Waals surface area contributed by atoms with Gasteiger partial charge in [-0.1, -0.05) is 0 Å². The molecule has 0 fully saturated rings. The summed E-state index contributed by atoms with van der Waals surface area (Å²) in [5, 5.41) is 10.6. The van der Waals surface area contributed by atoms with Crippen molar-refractivity contribution in [2.45, 2.75) is 12.8 Å². The Hall–Kier alpha value is -2.28. The van der Waals surface area contributed by atoms with E-state index in [9.17, 15) is 9.18 Å². The monoisotopic (exact) mass is 291 g/mol. The van der Waals surface area contributed by atoms with Crippen LogP contribution in [0.4, 0.5) is 4.39 Å². The van der Waals surface area contributed by atoms with Crippen LogP contribution in [-0.4, -0.2) is 25.4 Å². The normalized spacial score (nSPS) is 11.1. The molecule has 0 aliphatic rings. The molecule has 1 N–H and O–H groups in total. The van der Waals surface area contributed by atoms with Crippen LogP contribution in [0.2, 0.25) is 0 Å². The Labute approximate surface area is 117 Å². The van der Waals surface area contributed by atoms with Gasteiger partial charge in [0.2, 0.25) is 0 Å². The molecular weight excluding hydrogens is 281 g/mol. The van der Waals surface area contributed by atoms with E-state index in [1.54, 1.807) is 12.4 Å². The van der Waals surface area contributed by atoms with Gasteiger partial charge in [0.25, 0.3) is 0 Å². The summed E-state index contributed by atoms with van der Waals surface area (Å²) in [6, 6.07) is 1.37. The van der Waals surface area contributed by atoms with E-state index in [4.69, 9.17) is 5.11 Å². The first-order valence-electron chi connectivity index (χ1n) is 5.91. The van der Waals surface area contributed by atoms with E-state index in [1.807, 2.05) is 9.78 Å². The number of aryl methyl sites for hydroxylation is 1. The topological polar surface area (TPSA) is 67.5 Å². The van der Waals surface area contributed by atoms with Crippen molar-refractivity contribution in [3.63, 3.8) is 0 Å². The molecule has 3 rings (SSSR count). The molecular formula is C13H10FN3O2S. The minimum absolute atomic E-state index is 0.0703. The maximum absolute atomic E-state index is 13.2. The largest absolute Gasteiger partial charge is 0.481 e. The summed E-state index contributed by atoms with van der Waals surface area (Å²) in [5.74, 6) is -1.25. The second kappa shape index (κ2) is 5.01. The number of hydrogen-bond acceptors (Lipinski definition) is 4. The molecule has 0 amide bonds. The molecule has 0 radical (unpaired) electrons. The number of aliphatic carboxylic acids is 1. The SMILES string of the molecule is O=C(O)CCc1csc2nc(-c3cncc(F)c3)cn12. The van der Waals surface area contributed by atoms with Crippen molar-refractivity contribution in [3.8, 4) is 11.3 Å². The molecule has 0 spiro atoms. The molecule has 0 aliphatic carbocycles. The van der Waals surface area contributed by atoms with Crippen LogP contribution in [0, 0.1) is 5.82 Å². The third kappa shape index (κ3) is 2.39. The molecule has 102 valence electrons. The van der Waals surface area contributed by atoms with Crippen molar-refractivity contribution in [2.75, 3.05) is 0 Å². The highest BCUT2D eigenvalue weighted by atomic mass is 32.1. The maximum Gasteiger partial charge on any atom is 0.303 e. The Bertz CT molecular complexity index is 781. The summed E-state index contributed by atoms with van der Waals surface area (Å²) in [6.45, 7) is 0. The van der Waals surface area contributed by atoms with Crippen LogP contribution in [-0.2, 0) is 11.2 Å². The fourth-order valence-corrected chi connectivity index (χ4v) is 2.84. The van der Waals surface area contributed by atoms with Crippen LogP contribution in [0.1, 0.15) is 12.1 Å². The van der Waals surface area contributed by atoms with Crippen molar-refractivity contribution < 1.29 is 14.3 Å². The van der Waals surface area contributed by atoms with Gasteiger partial charge in [-0.05, 0) is 12.5 Å².